The minimum Gasteiger partial charge on any atom is -0.368 e. The molecule has 6 nitrogen and oxygen atoms in total. The van der Waals surface area contributed by atoms with Gasteiger partial charge in [0.2, 0.25) is 5.95 Å². The summed E-state index contributed by atoms with van der Waals surface area (Å²) in [6.07, 6.45) is 2.00. The van der Waals surface area contributed by atoms with Gasteiger partial charge in [-0.15, -0.1) is 11.3 Å². The Bertz CT molecular complexity index is 729. The number of fused-ring (bicyclic) bond motifs is 1. The topological polar surface area (TPSA) is 81.7 Å². The van der Waals surface area contributed by atoms with E-state index in [1.165, 1.54) is 0 Å². The molecular formula is C12H14N6S. The number of rotatable bonds is 3. The van der Waals surface area contributed by atoms with Crippen molar-refractivity contribution in [2.45, 2.75) is 13.5 Å². The molecule has 0 aliphatic heterocycles. The van der Waals surface area contributed by atoms with Crippen molar-refractivity contribution < 1.29 is 0 Å². The molecule has 19 heavy (non-hydrogen) atoms. The number of nitrogens with one attached hydrogen (secondary N) is 1. The zero-order chi connectivity index (χ0) is 13.4. The Labute approximate surface area is 114 Å². The number of anilines is 2. The minimum atomic E-state index is 0.292. The van der Waals surface area contributed by atoms with Crippen LogP contribution in [0.1, 0.15) is 11.3 Å². The maximum atomic E-state index is 5.71. The molecule has 0 fully saturated rings. The van der Waals surface area contributed by atoms with Crippen LogP contribution in [-0.4, -0.2) is 19.7 Å². The van der Waals surface area contributed by atoms with Gasteiger partial charge in [-0.1, -0.05) is 0 Å². The summed E-state index contributed by atoms with van der Waals surface area (Å²) < 4.78 is 1.81. The zero-order valence-electron chi connectivity index (χ0n) is 10.7. The molecule has 0 saturated heterocycles. The van der Waals surface area contributed by atoms with Crippen LogP contribution < -0.4 is 11.1 Å². The summed E-state index contributed by atoms with van der Waals surface area (Å²) in [7, 11) is 1.91. The van der Waals surface area contributed by atoms with Gasteiger partial charge >= 0.3 is 0 Å². The normalized spacial score (nSPS) is 11.1. The lowest BCUT2D eigenvalue weighted by atomic mass is 10.2. The van der Waals surface area contributed by atoms with Crippen molar-refractivity contribution >= 4 is 33.3 Å². The van der Waals surface area contributed by atoms with Crippen LogP contribution in [0.25, 0.3) is 10.2 Å². The van der Waals surface area contributed by atoms with Crippen LogP contribution in [0, 0.1) is 6.92 Å². The van der Waals surface area contributed by atoms with Gasteiger partial charge in [-0.2, -0.15) is 10.1 Å². The molecule has 0 atom stereocenters. The van der Waals surface area contributed by atoms with Crippen LogP contribution in [0.5, 0.6) is 0 Å². The van der Waals surface area contributed by atoms with E-state index in [9.17, 15) is 0 Å². The number of aromatic nitrogens is 4. The number of hydrogen-bond donors (Lipinski definition) is 2. The van der Waals surface area contributed by atoms with Crippen LogP contribution in [0.4, 0.5) is 11.8 Å². The van der Waals surface area contributed by atoms with Gasteiger partial charge in [-0.3, -0.25) is 4.68 Å². The predicted molar refractivity (Wildman–Crippen MR) is 77.1 cm³/mol. The van der Waals surface area contributed by atoms with Gasteiger partial charge in [0, 0.05) is 25.4 Å². The summed E-state index contributed by atoms with van der Waals surface area (Å²) in [5.41, 5.74) is 7.87. The van der Waals surface area contributed by atoms with Gasteiger partial charge in [-0.05, 0) is 18.4 Å². The Morgan fingerprint density at radius 3 is 3.00 bits per heavy atom. The Balaban J connectivity index is 1.89. The monoisotopic (exact) mass is 274 g/mol. The summed E-state index contributed by atoms with van der Waals surface area (Å²) in [4.78, 5) is 9.36. The van der Waals surface area contributed by atoms with Crippen molar-refractivity contribution in [3.8, 4) is 0 Å². The van der Waals surface area contributed by atoms with E-state index in [-0.39, 0.29) is 0 Å². The Kier molecular flexibility index (Phi) is 2.83. The van der Waals surface area contributed by atoms with Crippen molar-refractivity contribution in [3.63, 3.8) is 0 Å². The summed E-state index contributed by atoms with van der Waals surface area (Å²) in [5, 5.41) is 10.6. The minimum absolute atomic E-state index is 0.292. The average Bonchev–Trinajstić information content (AvgIpc) is 2.92. The SMILES string of the molecule is Cc1nn(C)cc1CNc1nc(N)nc2sccc12. The first-order chi connectivity index (χ1) is 9.13. The molecule has 0 spiro atoms. The molecule has 3 rings (SSSR count). The fraction of sp³-hybridized carbons (Fsp3) is 0.250. The summed E-state index contributed by atoms with van der Waals surface area (Å²) in [6, 6.07) is 2.00. The second-order valence-electron chi connectivity index (χ2n) is 4.34. The van der Waals surface area contributed by atoms with Crippen LogP contribution in [0.3, 0.4) is 0 Å². The predicted octanol–water partition coefficient (Wildman–Crippen LogP) is 1.93. The second-order valence-corrected chi connectivity index (χ2v) is 5.23. The maximum absolute atomic E-state index is 5.71. The lowest BCUT2D eigenvalue weighted by Gasteiger charge is -2.06. The van der Waals surface area contributed by atoms with Gasteiger partial charge in [0.05, 0.1) is 11.1 Å². The largest absolute Gasteiger partial charge is 0.368 e. The molecule has 0 aliphatic rings. The summed E-state index contributed by atoms with van der Waals surface area (Å²) >= 11 is 1.56. The Hall–Kier alpha value is -2.15. The smallest absolute Gasteiger partial charge is 0.223 e. The first-order valence-corrected chi connectivity index (χ1v) is 6.75. The molecule has 3 aromatic rings. The second kappa shape index (κ2) is 4.51. The van der Waals surface area contributed by atoms with Crippen molar-refractivity contribution in [2.24, 2.45) is 7.05 Å². The molecular weight excluding hydrogens is 260 g/mol. The molecule has 3 heterocycles. The molecule has 0 aliphatic carbocycles. The van der Waals surface area contributed by atoms with Crippen molar-refractivity contribution in [1.29, 1.82) is 0 Å². The van der Waals surface area contributed by atoms with Crippen LogP contribution in [0.15, 0.2) is 17.6 Å². The quantitative estimate of drug-likeness (QED) is 0.762. The number of aryl methyl sites for hydroxylation is 2. The van der Waals surface area contributed by atoms with E-state index in [4.69, 9.17) is 5.73 Å². The number of nitrogens with two attached hydrogens (primary N) is 1. The standard InChI is InChI=1S/C12H14N6S/c1-7-8(6-18(2)17-7)5-14-10-9-3-4-19-11(9)16-12(13)15-10/h3-4,6H,5H2,1-2H3,(H3,13,14,15,16). The number of nitrogen functional groups attached to an aromatic ring is 1. The third-order valence-electron chi connectivity index (χ3n) is 2.90. The molecule has 0 radical (unpaired) electrons. The van der Waals surface area contributed by atoms with Gasteiger partial charge < -0.3 is 11.1 Å². The van der Waals surface area contributed by atoms with E-state index >= 15 is 0 Å². The maximum Gasteiger partial charge on any atom is 0.223 e. The number of nitrogens with zero attached hydrogens (tertiary/aromatic N) is 4. The lowest BCUT2D eigenvalue weighted by Crippen LogP contribution is -2.05. The molecule has 0 saturated carbocycles. The fourth-order valence-corrected chi connectivity index (χ4v) is 2.78. The highest BCUT2D eigenvalue weighted by Crippen LogP contribution is 2.26. The first-order valence-electron chi connectivity index (χ1n) is 5.87. The van der Waals surface area contributed by atoms with Gasteiger partial charge in [0.25, 0.3) is 0 Å². The molecule has 3 aromatic heterocycles. The third-order valence-corrected chi connectivity index (χ3v) is 3.71. The van der Waals surface area contributed by atoms with E-state index in [1.807, 2.05) is 31.6 Å². The molecule has 0 unspecified atom stereocenters. The first kappa shape index (κ1) is 11.9. The highest BCUT2D eigenvalue weighted by Gasteiger charge is 2.08. The van der Waals surface area contributed by atoms with Crippen molar-refractivity contribution in [3.05, 3.63) is 28.9 Å². The fourth-order valence-electron chi connectivity index (χ4n) is 2.01. The molecule has 3 N–H and O–H groups in total. The van der Waals surface area contributed by atoms with E-state index in [0.29, 0.717) is 12.5 Å². The Morgan fingerprint density at radius 1 is 1.42 bits per heavy atom. The highest BCUT2D eigenvalue weighted by molar-refractivity contribution is 7.16. The van der Waals surface area contributed by atoms with Crippen molar-refractivity contribution in [2.75, 3.05) is 11.1 Å². The molecule has 98 valence electrons. The van der Waals surface area contributed by atoms with E-state index in [2.05, 4.69) is 20.4 Å². The van der Waals surface area contributed by atoms with Crippen LogP contribution in [0.2, 0.25) is 0 Å². The van der Waals surface area contributed by atoms with E-state index < -0.39 is 0 Å². The van der Waals surface area contributed by atoms with Gasteiger partial charge in [0.1, 0.15) is 10.6 Å². The zero-order valence-corrected chi connectivity index (χ0v) is 11.5. The summed E-state index contributed by atoms with van der Waals surface area (Å²) in [6.45, 7) is 2.66. The van der Waals surface area contributed by atoms with Crippen molar-refractivity contribution in [1.82, 2.24) is 19.7 Å². The summed E-state index contributed by atoms with van der Waals surface area (Å²) in [5.74, 6) is 1.06. The Morgan fingerprint density at radius 2 is 2.26 bits per heavy atom. The van der Waals surface area contributed by atoms with E-state index in [0.717, 1.165) is 27.3 Å². The molecule has 0 aromatic carbocycles. The van der Waals surface area contributed by atoms with Gasteiger partial charge in [-0.25, -0.2) is 4.98 Å². The lowest BCUT2D eigenvalue weighted by molar-refractivity contribution is 0.756. The van der Waals surface area contributed by atoms with E-state index in [1.54, 1.807) is 16.0 Å². The highest BCUT2D eigenvalue weighted by atomic mass is 32.1. The van der Waals surface area contributed by atoms with Crippen LogP contribution >= 0.6 is 11.3 Å². The van der Waals surface area contributed by atoms with Gasteiger partial charge in [0.15, 0.2) is 0 Å². The molecule has 0 amide bonds. The molecule has 0 bridgehead atoms. The van der Waals surface area contributed by atoms with Crippen LogP contribution in [-0.2, 0) is 13.6 Å². The third kappa shape index (κ3) is 2.24. The number of thiophene rings is 1. The average molecular weight is 274 g/mol. The molecule has 7 heteroatoms. The number of hydrogen-bond acceptors (Lipinski definition) is 6.